The van der Waals surface area contributed by atoms with E-state index in [4.69, 9.17) is 10.5 Å². The topological polar surface area (TPSA) is 102 Å². The molecule has 2 aliphatic rings. The van der Waals surface area contributed by atoms with Gasteiger partial charge < -0.3 is 20.3 Å². The fourth-order valence-electron chi connectivity index (χ4n) is 4.96. The van der Waals surface area contributed by atoms with E-state index < -0.39 is 23.2 Å². The van der Waals surface area contributed by atoms with Crippen LogP contribution in [-0.4, -0.2) is 62.4 Å². The summed E-state index contributed by atoms with van der Waals surface area (Å²) in [5.74, 6) is -0.559. The van der Waals surface area contributed by atoms with Crippen LogP contribution in [0.3, 0.4) is 0 Å². The second kappa shape index (κ2) is 9.03. The number of hydrogen-bond donors (Lipinski definition) is 1. The second-order valence-electron chi connectivity index (χ2n) is 10.8. The van der Waals surface area contributed by atoms with Crippen LogP contribution in [0.2, 0.25) is 0 Å². The third-order valence-corrected chi connectivity index (χ3v) is 8.11. The largest absolute Gasteiger partial charge is 0.444 e. The van der Waals surface area contributed by atoms with Gasteiger partial charge in [0.25, 0.3) is 0 Å². The van der Waals surface area contributed by atoms with Gasteiger partial charge in [-0.25, -0.2) is 19.3 Å². The smallest absolute Gasteiger partial charge is 0.419 e. The summed E-state index contributed by atoms with van der Waals surface area (Å²) in [4.78, 5) is 25.2. The predicted octanol–water partition coefficient (Wildman–Crippen LogP) is 5.07. The average Bonchev–Trinajstić information content (AvgIpc) is 3.38. The maximum absolute atomic E-state index is 13.2. The molecule has 0 bridgehead atoms. The molecule has 3 aromatic heterocycles. The molecule has 37 heavy (non-hydrogen) atoms. The third kappa shape index (κ3) is 5.32. The highest BCUT2D eigenvalue weighted by Crippen LogP contribution is 2.43. The van der Waals surface area contributed by atoms with Crippen molar-refractivity contribution in [2.45, 2.75) is 58.2 Å². The fourth-order valence-corrected chi connectivity index (χ4v) is 5.90. The minimum atomic E-state index is -4.59. The van der Waals surface area contributed by atoms with Crippen LogP contribution >= 0.6 is 11.3 Å². The van der Waals surface area contributed by atoms with E-state index in [1.165, 1.54) is 17.5 Å². The molecule has 3 aromatic rings. The number of aromatic nitrogens is 4. The second-order valence-corrected chi connectivity index (χ2v) is 11.8. The molecular weight excluding hydrogens is 507 g/mol. The number of amides is 1. The molecular formula is C24H30F3N7O2S. The van der Waals surface area contributed by atoms with E-state index in [0.29, 0.717) is 23.7 Å². The number of carbonyl (C=O) groups excluding carboxylic acids is 1. The summed E-state index contributed by atoms with van der Waals surface area (Å²) in [5, 5.41) is 5.47. The van der Waals surface area contributed by atoms with Crippen LogP contribution in [0.1, 0.15) is 52.0 Å². The fraction of sp³-hybridized carbons (Fsp3) is 0.583. The average molecular weight is 538 g/mol. The summed E-state index contributed by atoms with van der Waals surface area (Å²) in [6.07, 6.45) is 2.01. The number of nitrogens with two attached hydrogens (primary N) is 1. The van der Waals surface area contributed by atoms with Crippen LogP contribution in [0.15, 0.2) is 18.5 Å². The zero-order valence-electron chi connectivity index (χ0n) is 21.0. The Bertz CT molecular complexity index is 1260. The van der Waals surface area contributed by atoms with Crippen molar-refractivity contribution in [2.24, 2.45) is 5.41 Å². The van der Waals surface area contributed by atoms with Crippen LogP contribution in [0.25, 0.3) is 16.2 Å². The van der Waals surface area contributed by atoms with Crippen molar-refractivity contribution in [3.05, 3.63) is 24.0 Å². The highest BCUT2D eigenvalue weighted by molar-refractivity contribution is 7.20. The van der Waals surface area contributed by atoms with Crippen molar-refractivity contribution in [3.63, 3.8) is 0 Å². The third-order valence-electron chi connectivity index (χ3n) is 7.12. The summed E-state index contributed by atoms with van der Waals surface area (Å²) < 4.78 is 46.7. The molecule has 2 saturated heterocycles. The molecule has 5 rings (SSSR count). The van der Waals surface area contributed by atoms with E-state index in [1.54, 1.807) is 10.7 Å². The van der Waals surface area contributed by atoms with E-state index in [-0.39, 0.29) is 17.1 Å². The molecule has 0 atom stereocenters. The van der Waals surface area contributed by atoms with Crippen LogP contribution in [0.4, 0.5) is 28.9 Å². The van der Waals surface area contributed by atoms with Gasteiger partial charge in [-0.15, -0.1) is 5.10 Å². The SMILES string of the molecule is CC(C)(C)OC(=O)N1CCC2(CC1)CCN(c1nn3cc(-c4cnc(N)c(C(F)(F)F)c4)nc3s1)CC2. The van der Waals surface area contributed by atoms with Crippen molar-refractivity contribution in [1.29, 1.82) is 0 Å². The molecule has 2 aliphatic heterocycles. The number of halogens is 3. The lowest BCUT2D eigenvalue weighted by Gasteiger charge is -2.46. The number of carbonyl (C=O) groups is 1. The number of piperidine rings is 2. The minimum absolute atomic E-state index is 0.220. The highest BCUT2D eigenvalue weighted by Gasteiger charge is 2.40. The molecule has 0 aliphatic carbocycles. The molecule has 0 aromatic carbocycles. The lowest BCUT2D eigenvalue weighted by atomic mass is 9.71. The first-order valence-corrected chi connectivity index (χ1v) is 13.1. The molecule has 2 N–H and O–H groups in total. The van der Waals surface area contributed by atoms with Gasteiger partial charge in [0, 0.05) is 37.9 Å². The van der Waals surface area contributed by atoms with Crippen molar-refractivity contribution in [2.75, 3.05) is 36.8 Å². The number of pyridine rings is 1. The number of likely N-dealkylation sites (tertiary alicyclic amines) is 1. The number of nitrogen functional groups attached to an aromatic ring is 1. The highest BCUT2D eigenvalue weighted by atomic mass is 32.1. The van der Waals surface area contributed by atoms with Gasteiger partial charge in [0.15, 0.2) is 0 Å². The Kier molecular flexibility index (Phi) is 6.24. The Balaban J connectivity index is 1.22. The Morgan fingerprint density at radius 2 is 1.76 bits per heavy atom. The van der Waals surface area contributed by atoms with E-state index in [0.717, 1.165) is 50.0 Å². The van der Waals surface area contributed by atoms with E-state index in [1.807, 2.05) is 25.7 Å². The number of anilines is 2. The summed E-state index contributed by atoms with van der Waals surface area (Å²) in [7, 11) is 0. The zero-order valence-corrected chi connectivity index (χ0v) is 21.8. The molecule has 2 fully saturated rings. The predicted molar refractivity (Wildman–Crippen MR) is 134 cm³/mol. The van der Waals surface area contributed by atoms with Crippen molar-refractivity contribution in [3.8, 4) is 11.3 Å². The van der Waals surface area contributed by atoms with Gasteiger partial charge in [0.2, 0.25) is 10.1 Å². The quantitative estimate of drug-likeness (QED) is 0.487. The molecule has 13 heteroatoms. The molecule has 0 saturated carbocycles. The molecule has 5 heterocycles. The van der Waals surface area contributed by atoms with E-state index >= 15 is 0 Å². The first-order valence-electron chi connectivity index (χ1n) is 12.2. The summed E-state index contributed by atoms with van der Waals surface area (Å²) in [5.41, 5.74) is 4.75. The van der Waals surface area contributed by atoms with Crippen LogP contribution in [0, 0.1) is 5.41 Å². The number of fused-ring (bicyclic) bond motifs is 1. The maximum Gasteiger partial charge on any atom is 0.419 e. The molecule has 1 amide bonds. The molecule has 0 unspecified atom stereocenters. The van der Waals surface area contributed by atoms with Crippen molar-refractivity contribution >= 4 is 33.3 Å². The lowest BCUT2D eigenvalue weighted by molar-refractivity contribution is -0.137. The van der Waals surface area contributed by atoms with Crippen molar-refractivity contribution < 1.29 is 22.7 Å². The summed E-state index contributed by atoms with van der Waals surface area (Å²) in [6.45, 7) is 8.75. The number of ether oxygens (including phenoxy) is 1. The first kappa shape index (κ1) is 25.6. The van der Waals surface area contributed by atoms with Gasteiger partial charge >= 0.3 is 12.3 Å². The Morgan fingerprint density at radius 3 is 2.35 bits per heavy atom. The van der Waals surface area contributed by atoms with Gasteiger partial charge in [-0.2, -0.15) is 13.2 Å². The Morgan fingerprint density at radius 1 is 1.11 bits per heavy atom. The number of alkyl halides is 3. The van der Waals surface area contributed by atoms with E-state index in [2.05, 4.69) is 20.0 Å². The summed E-state index contributed by atoms with van der Waals surface area (Å²) in [6, 6.07) is 0.966. The van der Waals surface area contributed by atoms with Crippen LogP contribution in [-0.2, 0) is 10.9 Å². The number of imidazole rings is 1. The van der Waals surface area contributed by atoms with Gasteiger partial charge in [-0.1, -0.05) is 11.3 Å². The number of rotatable bonds is 2. The van der Waals surface area contributed by atoms with Crippen LogP contribution in [0.5, 0.6) is 0 Å². The molecule has 1 spiro atoms. The van der Waals surface area contributed by atoms with Gasteiger partial charge in [0.05, 0.1) is 17.5 Å². The first-order chi connectivity index (χ1) is 17.3. The molecule has 200 valence electrons. The van der Waals surface area contributed by atoms with Crippen LogP contribution < -0.4 is 10.6 Å². The Labute approximate surface area is 216 Å². The standard InChI is InChI=1S/C24H30F3N7O2S/c1-22(2,3)36-21(35)33-10-6-23(7-11-33)4-8-32(9-5-23)20-31-34-14-17(30-19(34)37-20)15-12-16(24(25,26)27)18(28)29-13-15/h12-14H,4-11H2,1-3H3,(H2,28,29). The lowest BCUT2D eigenvalue weighted by Crippen LogP contribution is -2.49. The van der Waals surface area contributed by atoms with Crippen molar-refractivity contribution in [1.82, 2.24) is 24.5 Å². The van der Waals surface area contributed by atoms with Gasteiger partial charge in [-0.3, -0.25) is 0 Å². The minimum Gasteiger partial charge on any atom is -0.444 e. The summed E-state index contributed by atoms with van der Waals surface area (Å²) >= 11 is 1.41. The zero-order chi connectivity index (χ0) is 26.6. The molecule has 0 radical (unpaired) electrons. The normalized spacial score (nSPS) is 18.5. The Hall–Kier alpha value is -3.09. The van der Waals surface area contributed by atoms with E-state index in [9.17, 15) is 18.0 Å². The number of hydrogen-bond acceptors (Lipinski definition) is 8. The monoisotopic (exact) mass is 537 g/mol. The van der Waals surface area contributed by atoms with Gasteiger partial charge in [-0.05, 0) is 57.9 Å². The number of nitrogens with zero attached hydrogens (tertiary/aromatic N) is 6. The van der Waals surface area contributed by atoms with Gasteiger partial charge in [0.1, 0.15) is 11.4 Å². The molecule has 9 nitrogen and oxygen atoms in total. The maximum atomic E-state index is 13.2.